The summed E-state index contributed by atoms with van der Waals surface area (Å²) >= 11 is 0. The second-order valence-corrected chi connectivity index (χ2v) is 4.30. The zero-order chi connectivity index (χ0) is 13.1. The summed E-state index contributed by atoms with van der Waals surface area (Å²) in [4.78, 5) is 26.2. The number of hydrogen-bond acceptors (Lipinski definition) is 4. The monoisotopic (exact) mass is 252 g/mol. The molecule has 0 fully saturated rings. The van der Waals surface area contributed by atoms with Crippen molar-refractivity contribution in [1.82, 2.24) is 14.9 Å². The van der Waals surface area contributed by atoms with Crippen molar-refractivity contribution >= 4 is 17.8 Å². The molecule has 2 rings (SSSR count). The quantitative estimate of drug-likeness (QED) is 0.715. The van der Waals surface area contributed by atoms with Crippen LogP contribution in [-0.2, 0) is 11.3 Å². The lowest BCUT2D eigenvalue weighted by atomic mass is 10.2. The fourth-order valence-corrected chi connectivity index (χ4v) is 1.94. The lowest BCUT2D eigenvalue weighted by Crippen LogP contribution is -2.45. The highest BCUT2D eigenvalue weighted by Gasteiger charge is 2.22. The van der Waals surface area contributed by atoms with Gasteiger partial charge in [0.05, 0.1) is 6.04 Å². The molecule has 18 heavy (non-hydrogen) atoms. The number of imidazole rings is 1. The molecule has 7 nitrogen and oxygen atoms in total. The van der Waals surface area contributed by atoms with Crippen LogP contribution >= 0.6 is 0 Å². The first-order valence-electron chi connectivity index (χ1n) is 5.94. The predicted octanol–water partition coefficient (Wildman–Crippen LogP) is 0.292. The van der Waals surface area contributed by atoms with Crippen LogP contribution in [0.5, 0.6) is 0 Å². The van der Waals surface area contributed by atoms with Crippen LogP contribution in [0.25, 0.3) is 0 Å². The minimum atomic E-state index is -1.05. The van der Waals surface area contributed by atoms with Gasteiger partial charge < -0.3 is 20.3 Å². The first-order chi connectivity index (χ1) is 8.60. The van der Waals surface area contributed by atoms with Gasteiger partial charge >= 0.3 is 5.97 Å². The summed E-state index contributed by atoms with van der Waals surface area (Å²) in [5, 5.41) is 14.8. The second-order valence-electron chi connectivity index (χ2n) is 4.30. The van der Waals surface area contributed by atoms with Crippen molar-refractivity contribution in [3.05, 3.63) is 11.9 Å². The normalized spacial score (nSPS) is 17.7. The fraction of sp³-hybridized carbons (Fsp3) is 0.545. The molecule has 1 aromatic rings. The number of carbonyl (C=O) groups is 2. The SMILES string of the molecule is CCCC(=O)NC1CNc2nc(C(=O)O)cn2C1. The molecule has 1 aliphatic rings. The second kappa shape index (κ2) is 5.07. The van der Waals surface area contributed by atoms with E-state index in [0.717, 1.165) is 6.42 Å². The summed E-state index contributed by atoms with van der Waals surface area (Å²) in [5.41, 5.74) is 0.0121. The summed E-state index contributed by atoms with van der Waals surface area (Å²) < 4.78 is 1.71. The fourth-order valence-electron chi connectivity index (χ4n) is 1.94. The van der Waals surface area contributed by atoms with E-state index in [2.05, 4.69) is 15.6 Å². The Bertz CT molecular complexity index is 469. The van der Waals surface area contributed by atoms with Gasteiger partial charge in [-0.05, 0) is 6.42 Å². The number of nitrogens with zero attached hydrogens (tertiary/aromatic N) is 2. The number of aromatic nitrogens is 2. The Balaban J connectivity index is 2.01. The Kier molecular flexibility index (Phi) is 3.50. The molecule has 0 aromatic carbocycles. The predicted molar refractivity (Wildman–Crippen MR) is 64.5 cm³/mol. The summed E-state index contributed by atoms with van der Waals surface area (Å²) in [7, 11) is 0. The molecule has 1 atom stereocenters. The number of fused-ring (bicyclic) bond motifs is 1. The van der Waals surface area contributed by atoms with Crippen molar-refractivity contribution in [3.8, 4) is 0 Å². The summed E-state index contributed by atoms with van der Waals surface area (Å²) in [6.45, 7) is 3.05. The smallest absolute Gasteiger partial charge is 0.356 e. The molecular weight excluding hydrogens is 236 g/mol. The number of hydrogen-bond donors (Lipinski definition) is 3. The maximum atomic E-state index is 11.5. The molecule has 1 amide bonds. The molecular formula is C11H16N4O3. The van der Waals surface area contributed by atoms with Gasteiger partial charge in [-0.25, -0.2) is 9.78 Å². The molecule has 0 aliphatic carbocycles. The Morgan fingerprint density at radius 3 is 3.11 bits per heavy atom. The third kappa shape index (κ3) is 2.61. The van der Waals surface area contributed by atoms with Crippen molar-refractivity contribution < 1.29 is 14.7 Å². The summed E-state index contributed by atoms with van der Waals surface area (Å²) in [6, 6.07) is -0.0348. The van der Waals surface area contributed by atoms with E-state index in [4.69, 9.17) is 5.11 Å². The van der Waals surface area contributed by atoms with E-state index in [-0.39, 0.29) is 17.6 Å². The van der Waals surface area contributed by atoms with Gasteiger partial charge in [0, 0.05) is 25.7 Å². The molecule has 3 N–H and O–H groups in total. The van der Waals surface area contributed by atoms with Crippen LogP contribution in [0.3, 0.4) is 0 Å². The van der Waals surface area contributed by atoms with Gasteiger partial charge in [-0.2, -0.15) is 0 Å². The van der Waals surface area contributed by atoms with Crippen molar-refractivity contribution in [2.24, 2.45) is 0 Å². The van der Waals surface area contributed by atoms with Crippen LogP contribution in [0, 0.1) is 0 Å². The number of anilines is 1. The van der Waals surface area contributed by atoms with Crippen molar-refractivity contribution in [3.63, 3.8) is 0 Å². The number of aromatic carboxylic acids is 1. The average molecular weight is 252 g/mol. The van der Waals surface area contributed by atoms with Gasteiger partial charge in [-0.3, -0.25) is 4.79 Å². The van der Waals surface area contributed by atoms with Crippen LogP contribution in [-0.4, -0.2) is 39.1 Å². The lowest BCUT2D eigenvalue weighted by molar-refractivity contribution is -0.121. The van der Waals surface area contributed by atoms with Gasteiger partial charge in [-0.15, -0.1) is 0 Å². The first-order valence-corrected chi connectivity index (χ1v) is 5.94. The Labute approximate surface area is 104 Å². The van der Waals surface area contributed by atoms with Crippen molar-refractivity contribution in [1.29, 1.82) is 0 Å². The molecule has 0 radical (unpaired) electrons. The highest BCUT2D eigenvalue weighted by atomic mass is 16.4. The van der Waals surface area contributed by atoms with E-state index in [1.165, 1.54) is 6.20 Å². The summed E-state index contributed by atoms with van der Waals surface area (Å²) in [6.07, 6.45) is 2.79. The Morgan fingerprint density at radius 2 is 2.44 bits per heavy atom. The summed E-state index contributed by atoms with van der Waals surface area (Å²) in [5.74, 6) is -0.495. The zero-order valence-corrected chi connectivity index (χ0v) is 10.1. The number of carboxylic acids is 1. The third-order valence-electron chi connectivity index (χ3n) is 2.76. The molecule has 0 saturated carbocycles. The minimum absolute atomic E-state index is 0.0121. The minimum Gasteiger partial charge on any atom is -0.476 e. The maximum Gasteiger partial charge on any atom is 0.356 e. The molecule has 1 aromatic heterocycles. The average Bonchev–Trinajstić information content (AvgIpc) is 2.72. The van der Waals surface area contributed by atoms with Gasteiger partial charge in [-0.1, -0.05) is 6.92 Å². The number of carboxylic acid groups (broad SMARTS) is 1. The van der Waals surface area contributed by atoms with Crippen LogP contribution < -0.4 is 10.6 Å². The Hall–Kier alpha value is -2.05. The third-order valence-corrected chi connectivity index (χ3v) is 2.76. The van der Waals surface area contributed by atoms with Gasteiger partial charge in [0.1, 0.15) is 0 Å². The maximum absolute atomic E-state index is 11.5. The van der Waals surface area contributed by atoms with E-state index in [0.29, 0.717) is 25.5 Å². The number of nitrogens with one attached hydrogen (secondary N) is 2. The van der Waals surface area contributed by atoms with E-state index in [1.54, 1.807) is 4.57 Å². The van der Waals surface area contributed by atoms with Crippen LogP contribution in [0.2, 0.25) is 0 Å². The highest BCUT2D eigenvalue weighted by molar-refractivity contribution is 5.85. The number of rotatable bonds is 4. The molecule has 98 valence electrons. The molecule has 0 bridgehead atoms. The standard InChI is InChI=1S/C11H16N4O3/c1-2-3-9(16)13-7-4-12-11-14-8(10(17)18)6-15(11)5-7/h6-7H,2-5H2,1H3,(H,12,14)(H,13,16)(H,17,18). The van der Waals surface area contributed by atoms with Gasteiger partial charge in [0.2, 0.25) is 11.9 Å². The van der Waals surface area contributed by atoms with Crippen LogP contribution in [0.4, 0.5) is 5.95 Å². The molecule has 7 heteroatoms. The van der Waals surface area contributed by atoms with Crippen LogP contribution in [0.15, 0.2) is 6.20 Å². The molecule has 0 spiro atoms. The number of amides is 1. The molecule has 1 unspecified atom stereocenters. The first kappa shape index (κ1) is 12.4. The topological polar surface area (TPSA) is 96.2 Å². The largest absolute Gasteiger partial charge is 0.476 e. The molecule has 1 aliphatic heterocycles. The van der Waals surface area contributed by atoms with E-state index < -0.39 is 5.97 Å². The molecule has 2 heterocycles. The Morgan fingerprint density at radius 1 is 1.67 bits per heavy atom. The van der Waals surface area contributed by atoms with E-state index >= 15 is 0 Å². The molecule has 0 saturated heterocycles. The van der Waals surface area contributed by atoms with Crippen LogP contribution in [0.1, 0.15) is 30.3 Å². The van der Waals surface area contributed by atoms with E-state index in [1.807, 2.05) is 6.92 Å². The highest BCUT2D eigenvalue weighted by Crippen LogP contribution is 2.14. The van der Waals surface area contributed by atoms with Crippen molar-refractivity contribution in [2.75, 3.05) is 11.9 Å². The zero-order valence-electron chi connectivity index (χ0n) is 10.1. The van der Waals surface area contributed by atoms with Gasteiger partial charge in [0.25, 0.3) is 0 Å². The van der Waals surface area contributed by atoms with Gasteiger partial charge in [0.15, 0.2) is 5.69 Å². The number of carbonyl (C=O) groups excluding carboxylic acids is 1. The lowest BCUT2D eigenvalue weighted by Gasteiger charge is -2.25. The van der Waals surface area contributed by atoms with E-state index in [9.17, 15) is 9.59 Å². The van der Waals surface area contributed by atoms with Crippen molar-refractivity contribution in [2.45, 2.75) is 32.4 Å².